The number of carboxylic acid groups (broad SMARTS) is 1. The predicted octanol–water partition coefficient (Wildman–Crippen LogP) is 2.93. The molecule has 3 aromatic heterocycles. The summed E-state index contributed by atoms with van der Waals surface area (Å²) >= 11 is 0. The first-order chi connectivity index (χ1) is 16.0. The minimum atomic E-state index is -0.948. The van der Waals surface area contributed by atoms with Crippen LogP contribution in [0.2, 0.25) is 0 Å². The van der Waals surface area contributed by atoms with Crippen molar-refractivity contribution in [1.29, 1.82) is 0 Å². The van der Waals surface area contributed by atoms with Crippen molar-refractivity contribution >= 4 is 28.6 Å². The Labute approximate surface area is 189 Å². The Bertz CT molecular complexity index is 1310. The third-order valence-electron chi connectivity index (χ3n) is 6.37. The number of pyridine rings is 1. The number of anilines is 1. The molecule has 0 spiro atoms. The van der Waals surface area contributed by atoms with E-state index in [4.69, 9.17) is 4.98 Å². The lowest BCUT2D eigenvalue weighted by Gasteiger charge is -2.47. The molecule has 10 heteroatoms. The van der Waals surface area contributed by atoms with Crippen LogP contribution in [0.1, 0.15) is 31.9 Å². The third kappa shape index (κ3) is 3.66. The summed E-state index contributed by atoms with van der Waals surface area (Å²) in [5.74, 6) is -0.133. The number of nitrogens with zero attached hydrogens (tertiary/aromatic N) is 7. The van der Waals surface area contributed by atoms with Gasteiger partial charge >= 0.3 is 5.97 Å². The first-order valence-electron chi connectivity index (χ1n) is 10.9. The minimum Gasteiger partial charge on any atom is -0.480 e. The highest BCUT2D eigenvalue weighted by Crippen LogP contribution is 2.33. The summed E-state index contributed by atoms with van der Waals surface area (Å²) in [6.45, 7) is 5.17. The fourth-order valence-electron chi connectivity index (χ4n) is 4.75. The van der Waals surface area contributed by atoms with E-state index in [0.717, 1.165) is 17.5 Å². The number of carboxylic acids is 1. The van der Waals surface area contributed by atoms with Gasteiger partial charge in [-0.25, -0.2) is 4.39 Å². The lowest BCUT2D eigenvalue weighted by Crippen LogP contribution is -2.59. The highest BCUT2D eigenvalue weighted by atomic mass is 19.1. The number of hydrogen-bond acceptors (Lipinski definition) is 7. The summed E-state index contributed by atoms with van der Waals surface area (Å²) in [5.41, 5.74) is 2.17. The third-order valence-corrected chi connectivity index (χ3v) is 6.37. The molecule has 1 N–H and O–H groups in total. The van der Waals surface area contributed by atoms with Gasteiger partial charge in [-0.2, -0.15) is 4.98 Å². The van der Waals surface area contributed by atoms with Crippen LogP contribution in [0.4, 0.5) is 10.2 Å². The van der Waals surface area contributed by atoms with Gasteiger partial charge in [-0.3, -0.25) is 19.1 Å². The predicted molar refractivity (Wildman–Crippen MR) is 120 cm³/mol. The maximum atomic E-state index is 13.5. The molecule has 0 aliphatic carbocycles. The molecule has 0 amide bonds. The lowest BCUT2D eigenvalue weighted by molar-refractivity contribution is -0.145. The van der Waals surface area contributed by atoms with E-state index in [1.54, 1.807) is 29.1 Å². The summed E-state index contributed by atoms with van der Waals surface area (Å²) in [6, 6.07) is 8.58. The number of carbonyl (C=O) groups is 1. The normalized spacial score (nSPS) is 20.4. The zero-order chi connectivity index (χ0) is 23.1. The molecule has 1 aliphatic heterocycles. The van der Waals surface area contributed by atoms with Crippen LogP contribution in [-0.4, -0.2) is 65.7 Å². The average Bonchev–Trinajstić information content (AvgIpc) is 3.29. The van der Waals surface area contributed by atoms with Gasteiger partial charge in [0, 0.05) is 31.4 Å². The van der Waals surface area contributed by atoms with Gasteiger partial charge < -0.3 is 10.0 Å². The number of fused-ring (bicyclic) bond motifs is 3. The number of halogens is 1. The maximum absolute atomic E-state index is 13.5. The van der Waals surface area contributed by atoms with Crippen LogP contribution in [0.3, 0.4) is 0 Å². The van der Waals surface area contributed by atoms with Crippen LogP contribution in [-0.2, 0) is 4.79 Å². The van der Waals surface area contributed by atoms with Gasteiger partial charge in [0.25, 0.3) is 5.78 Å². The van der Waals surface area contributed by atoms with Gasteiger partial charge in [-0.1, -0.05) is 19.1 Å². The van der Waals surface area contributed by atoms with Crippen molar-refractivity contribution < 1.29 is 14.3 Å². The second-order valence-electron chi connectivity index (χ2n) is 8.36. The molecule has 0 bridgehead atoms. The smallest absolute Gasteiger partial charge is 0.325 e. The molecule has 4 aromatic rings. The molecule has 4 heterocycles. The first-order valence-corrected chi connectivity index (χ1v) is 10.9. The number of aliphatic carboxylic acids is 1. The van der Waals surface area contributed by atoms with Crippen molar-refractivity contribution in [1.82, 2.24) is 29.5 Å². The van der Waals surface area contributed by atoms with Crippen LogP contribution in [0.15, 0.2) is 48.9 Å². The first kappa shape index (κ1) is 21.2. The van der Waals surface area contributed by atoms with Crippen LogP contribution in [0.25, 0.3) is 16.8 Å². The van der Waals surface area contributed by atoms with Crippen LogP contribution in [0.5, 0.6) is 0 Å². The SMILES string of the molecule is CC[C@@H]1CN(c2nc3nncn3c3cccnc23)[C@@H](C)CN1C(C(=O)O)c1ccc(F)cc1. The van der Waals surface area contributed by atoms with E-state index in [1.807, 2.05) is 30.9 Å². The Kier molecular flexibility index (Phi) is 5.37. The fraction of sp³-hybridized carbons (Fsp3) is 0.348. The maximum Gasteiger partial charge on any atom is 0.325 e. The van der Waals surface area contributed by atoms with E-state index in [1.165, 1.54) is 12.1 Å². The summed E-state index contributed by atoms with van der Waals surface area (Å²) in [5, 5.41) is 18.2. The van der Waals surface area contributed by atoms with Gasteiger partial charge in [0.05, 0.1) is 5.52 Å². The van der Waals surface area contributed by atoms with Gasteiger partial charge in [-0.05, 0) is 43.2 Å². The number of hydrogen-bond donors (Lipinski definition) is 1. The highest BCUT2D eigenvalue weighted by molar-refractivity contribution is 5.88. The van der Waals surface area contributed by atoms with Gasteiger partial charge in [0.2, 0.25) is 0 Å². The van der Waals surface area contributed by atoms with E-state index in [2.05, 4.69) is 20.1 Å². The summed E-state index contributed by atoms with van der Waals surface area (Å²) in [7, 11) is 0. The molecular formula is C23H24FN7O2. The zero-order valence-electron chi connectivity index (χ0n) is 18.3. The Morgan fingerprint density at radius 3 is 2.76 bits per heavy atom. The molecule has 3 atom stereocenters. The molecular weight excluding hydrogens is 425 g/mol. The molecule has 1 aliphatic rings. The lowest BCUT2D eigenvalue weighted by atomic mass is 9.97. The largest absolute Gasteiger partial charge is 0.480 e. The van der Waals surface area contributed by atoms with Crippen molar-refractivity contribution in [3.05, 3.63) is 60.3 Å². The topological polar surface area (TPSA) is 99.8 Å². The number of benzene rings is 1. The number of piperazine rings is 1. The summed E-state index contributed by atoms with van der Waals surface area (Å²) in [4.78, 5) is 25.8. The Morgan fingerprint density at radius 1 is 1.24 bits per heavy atom. The Morgan fingerprint density at radius 2 is 2.03 bits per heavy atom. The van der Waals surface area contributed by atoms with Crippen molar-refractivity contribution in [3.63, 3.8) is 0 Å². The van der Waals surface area contributed by atoms with Crippen LogP contribution >= 0.6 is 0 Å². The quantitative estimate of drug-likeness (QED) is 0.497. The molecule has 33 heavy (non-hydrogen) atoms. The standard InChI is InChI=1S/C23H24FN7O2/c1-3-17-12-29(21-19-18(5-4-10-25-19)31-13-26-28-23(31)27-21)14(2)11-30(17)20(22(32)33)15-6-8-16(24)9-7-15/h4-10,13-14,17,20H,3,11-12H2,1-2H3,(H,32,33)/t14-,17+,20?/m0/s1. The van der Waals surface area contributed by atoms with Crippen molar-refractivity contribution in [2.75, 3.05) is 18.0 Å². The van der Waals surface area contributed by atoms with Crippen molar-refractivity contribution in [2.45, 2.75) is 38.4 Å². The highest BCUT2D eigenvalue weighted by Gasteiger charge is 2.39. The fourth-order valence-corrected chi connectivity index (χ4v) is 4.75. The van der Waals surface area contributed by atoms with Gasteiger partial charge in [-0.15, -0.1) is 10.2 Å². The van der Waals surface area contributed by atoms with E-state index in [9.17, 15) is 14.3 Å². The van der Waals surface area contributed by atoms with Gasteiger partial charge in [0.15, 0.2) is 5.82 Å². The second-order valence-corrected chi connectivity index (χ2v) is 8.36. The molecule has 170 valence electrons. The van der Waals surface area contributed by atoms with E-state index in [0.29, 0.717) is 30.2 Å². The molecule has 1 aromatic carbocycles. The van der Waals surface area contributed by atoms with Crippen LogP contribution in [0, 0.1) is 5.82 Å². The Balaban J connectivity index is 1.54. The van der Waals surface area contributed by atoms with E-state index in [-0.39, 0.29) is 17.9 Å². The Hall–Kier alpha value is -3.66. The number of aromatic nitrogens is 5. The molecule has 5 rings (SSSR count). The second kappa shape index (κ2) is 8.36. The van der Waals surface area contributed by atoms with E-state index < -0.39 is 12.0 Å². The minimum absolute atomic E-state index is 0.0434. The molecule has 9 nitrogen and oxygen atoms in total. The molecule has 1 fully saturated rings. The molecule has 1 unspecified atom stereocenters. The average molecular weight is 449 g/mol. The summed E-state index contributed by atoms with van der Waals surface area (Å²) < 4.78 is 15.3. The van der Waals surface area contributed by atoms with Gasteiger partial charge in [0.1, 0.15) is 23.7 Å². The van der Waals surface area contributed by atoms with E-state index >= 15 is 0 Å². The van der Waals surface area contributed by atoms with Crippen molar-refractivity contribution in [3.8, 4) is 0 Å². The monoisotopic (exact) mass is 449 g/mol. The van der Waals surface area contributed by atoms with Crippen LogP contribution < -0.4 is 4.90 Å². The zero-order valence-corrected chi connectivity index (χ0v) is 18.3. The van der Waals surface area contributed by atoms with Crippen molar-refractivity contribution in [2.24, 2.45) is 0 Å². The summed E-state index contributed by atoms with van der Waals surface area (Å²) in [6.07, 6.45) is 4.09. The molecule has 0 radical (unpaired) electrons. The number of rotatable bonds is 5. The molecule has 0 saturated carbocycles. The molecule has 1 saturated heterocycles.